The number of hydrogen-bond donors (Lipinski definition) is 0. The molecular formula is C19H23FN6O2. The first kappa shape index (κ1) is 18.4. The van der Waals surface area contributed by atoms with Gasteiger partial charge in [0, 0.05) is 52.1 Å². The van der Waals surface area contributed by atoms with E-state index in [0.717, 1.165) is 44.1 Å². The molecule has 1 amide bonds. The Morgan fingerprint density at radius 3 is 2.46 bits per heavy atom. The minimum atomic E-state index is -0.510. The summed E-state index contributed by atoms with van der Waals surface area (Å²) in [5.41, 5.74) is 0. The van der Waals surface area contributed by atoms with Gasteiger partial charge in [0.25, 0.3) is 0 Å². The minimum absolute atomic E-state index is 0.0695. The molecule has 2 aromatic heterocycles. The molecule has 2 aromatic rings. The molecule has 0 aliphatic carbocycles. The van der Waals surface area contributed by atoms with Crippen LogP contribution in [-0.2, 0) is 4.79 Å². The SMILES string of the molecule is CN1CCN(c2cc(N3CCC(Oc4ccc(F)nc4)CC3)ncn2)CC1=O. The number of nitrogens with zero attached hydrogens (tertiary/aromatic N) is 6. The van der Waals surface area contributed by atoms with E-state index in [1.54, 1.807) is 17.3 Å². The van der Waals surface area contributed by atoms with Crippen LogP contribution < -0.4 is 14.5 Å². The topological polar surface area (TPSA) is 74.7 Å². The number of piperidine rings is 1. The Morgan fingerprint density at radius 1 is 1.04 bits per heavy atom. The molecule has 4 rings (SSSR count). The zero-order valence-electron chi connectivity index (χ0n) is 15.8. The third-order valence-electron chi connectivity index (χ3n) is 5.19. The van der Waals surface area contributed by atoms with E-state index in [0.29, 0.717) is 18.8 Å². The van der Waals surface area contributed by atoms with E-state index >= 15 is 0 Å². The van der Waals surface area contributed by atoms with E-state index in [2.05, 4.69) is 19.9 Å². The van der Waals surface area contributed by atoms with Crippen molar-refractivity contribution in [1.29, 1.82) is 0 Å². The molecule has 0 saturated carbocycles. The van der Waals surface area contributed by atoms with Crippen LogP contribution in [0.3, 0.4) is 0 Å². The lowest BCUT2D eigenvalue weighted by molar-refractivity contribution is -0.129. The van der Waals surface area contributed by atoms with Gasteiger partial charge in [0.1, 0.15) is 29.8 Å². The molecule has 9 heteroatoms. The molecule has 0 unspecified atom stereocenters. The number of amides is 1. The largest absolute Gasteiger partial charge is 0.489 e. The van der Waals surface area contributed by atoms with Crippen LogP contribution in [0.15, 0.2) is 30.7 Å². The lowest BCUT2D eigenvalue weighted by atomic mass is 10.1. The second kappa shape index (κ2) is 7.95. The molecule has 0 aromatic carbocycles. The van der Waals surface area contributed by atoms with Gasteiger partial charge in [-0.2, -0.15) is 4.39 Å². The summed E-state index contributed by atoms with van der Waals surface area (Å²) >= 11 is 0. The fourth-order valence-corrected chi connectivity index (χ4v) is 3.46. The van der Waals surface area contributed by atoms with Crippen molar-refractivity contribution in [3.63, 3.8) is 0 Å². The molecule has 4 heterocycles. The standard InChI is InChI=1S/C19H23FN6O2/c1-24-8-9-26(12-19(24)27)18-10-17(22-13-23-18)25-6-4-14(5-7-25)28-15-2-3-16(20)21-11-15/h2-3,10-11,13-14H,4-9,12H2,1H3. The smallest absolute Gasteiger partial charge is 0.241 e. The summed E-state index contributed by atoms with van der Waals surface area (Å²) in [5, 5.41) is 0. The third kappa shape index (κ3) is 4.13. The molecule has 0 bridgehead atoms. The number of carbonyl (C=O) groups is 1. The van der Waals surface area contributed by atoms with Crippen molar-refractivity contribution in [2.75, 3.05) is 49.6 Å². The third-order valence-corrected chi connectivity index (χ3v) is 5.19. The Morgan fingerprint density at radius 2 is 1.79 bits per heavy atom. The number of anilines is 2. The Hall–Kier alpha value is -2.97. The number of aromatic nitrogens is 3. The molecule has 0 radical (unpaired) electrons. The normalized spacial score (nSPS) is 18.5. The van der Waals surface area contributed by atoms with Crippen molar-refractivity contribution in [2.24, 2.45) is 0 Å². The second-order valence-corrected chi connectivity index (χ2v) is 7.09. The minimum Gasteiger partial charge on any atom is -0.489 e. The number of likely N-dealkylation sites (N-methyl/N-ethyl adjacent to an activating group) is 1. The van der Waals surface area contributed by atoms with Gasteiger partial charge in [-0.25, -0.2) is 15.0 Å². The van der Waals surface area contributed by atoms with Gasteiger partial charge in [0.2, 0.25) is 11.9 Å². The lowest BCUT2D eigenvalue weighted by Gasteiger charge is -2.35. The summed E-state index contributed by atoms with van der Waals surface area (Å²) in [6.45, 7) is 3.41. The summed E-state index contributed by atoms with van der Waals surface area (Å²) in [7, 11) is 1.82. The Balaban J connectivity index is 1.35. The Labute approximate surface area is 163 Å². The first-order valence-corrected chi connectivity index (χ1v) is 9.42. The molecule has 0 spiro atoms. The van der Waals surface area contributed by atoms with Gasteiger partial charge in [0.05, 0.1) is 12.7 Å². The number of pyridine rings is 1. The van der Waals surface area contributed by atoms with E-state index < -0.39 is 5.95 Å². The van der Waals surface area contributed by atoms with Gasteiger partial charge in [0.15, 0.2) is 0 Å². The van der Waals surface area contributed by atoms with Crippen LogP contribution in [0, 0.1) is 5.95 Å². The lowest BCUT2D eigenvalue weighted by Crippen LogP contribution is -2.49. The summed E-state index contributed by atoms with van der Waals surface area (Å²) in [4.78, 5) is 30.3. The van der Waals surface area contributed by atoms with E-state index in [4.69, 9.17) is 4.74 Å². The zero-order chi connectivity index (χ0) is 19.5. The van der Waals surface area contributed by atoms with Crippen molar-refractivity contribution >= 4 is 17.5 Å². The Bertz CT molecular complexity index is 825. The van der Waals surface area contributed by atoms with Crippen LogP contribution >= 0.6 is 0 Å². The van der Waals surface area contributed by atoms with Crippen molar-refractivity contribution < 1.29 is 13.9 Å². The Kier molecular flexibility index (Phi) is 5.23. The van der Waals surface area contributed by atoms with Crippen LogP contribution in [0.5, 0.6) is 5.75 Å². The van der Waals surface area contributed by atoms with Gasteiger partial charge < -0.3 is 19.4 Å². The van der Waals surface area contributed by atoms with Gasteiger partial charge in [-0.05, 0) is 12.1 Å². The molecule has 2 fully saturated rings. The van der Waals surface area contributed by atoms with Crippen molar-refractivity contribution in [2.45, 2.75) is 18.9 Å². The van der Waals surface area contributed by atoms with Gasteiger partial charge in [-0.15, -0.1) is 0 Å². The van der Waals surface area contributed by atoms with Gasteiger partial charge >= 0.3 is 0 Å². The number of rotatable bonds is 4. The molecule has 8 nitrogen and oxygen atoms in total. The van der Waals surface area contributed by atoms with Crippen molar-refractivity contribution in [1.82, 2.24) is 19.9 Å². The van der Waals surface area contributed by atoms with Crippen LogP contribution in [0.4, 0.5) is 16.0 Å². The molecule has 0 N–H and O–H groups in total. The average Bonchev–Trinajstić information content (AvgIpc) is 2.72. The highest BCUT2D eigenvalue weighted by molar-refractivity contribution is 5.82. The number of carbonyl (C=O) groups excluding carboxylic acids is 1. The maximum Gasteiger partial charge on any atom is 0.241 e. The van der Waals surface area contributed by atoms with Gasteiger partial charge in [-0.1, -0.05) is 0 Å². The molecule has 2 aliphatic rings. The molecule has 2 aliphatic heterocycles. The fourth-order valence-electron chi connectivity index (χ4n) is 3.46. The van der Waals surface area contributed by atoms with E-state index in [1.807, 2.05) is 18.0 Å². The zero-order valence-corrected chi connectivity index (χ0v) is 15.8. The molecule has 148 valence electrons. The number of halogens is 1. The number of ether oxygens (including phenoxy) is 1. The van der Waals surface area contributed by atoms with Crippen LogP contribution in [-0.4, -0.2) is 71.6 Å². The summed E-state index contributed by atoms with van der Waals surface area (Å²) < 4.78 is 18.8. The summed E-state index contributed by atoms with van der Waals surface area (Å²) in [5.74, 6) is 1.81. The first-order chi connectivity index (χ1) is 13.6. The van der Waals surface area contributed by atoms with Crippen LogP contribution in [0.2, 0.25) is 0 Å². The molecule has 28 heavy (non-hydrogen) atoms. The van der Waals surface area contributed by atoms with E-state index in [1.165, 1.54) is 12.3 Å². The monoisotopic (exact) mass is 386 g/mol. The molecule has 0 atom stereocenters. The molecular weight excluding hydrogens is 363 g/mol. The maximum atomic E-state index is 12.9. The van der Waals surface area contributed by atoms with E-state index in [9.17, 15) is 9.18 Å². The van der Waals surface area contributed by atoms with E-state index in [-0.39, 0.29) is 12.0 Å². The predicted octanol–water partition coefficient (Wildman–Crippen LogP) is 1.34. The van der Waals surface area contributed by atoms with Crippen molar-refractivity contribution in [3.8, 4) is 5.75 Å². The quantitative estimate of drug-likeness (QED) is 0.734. The maximum absolute atomic E-state index is 12.9. The highest BCUT2D eigenvalue weighted by atomic mass is 19.1. The number of hydrogen-bond acceptors (Lipinski definition) is 7. The van der Waals surface area contributed by atoms with Gasteiger partial charge in [-0.3, -0.25) is 4.79 Å². The van der Waals surface area contributed by atoms with Crippen molar-refractivity contribution in [3.05, 3.63) is 36.7 Å². The highest BCUT2D eigenvalue weighted by Crippen LogP contribution is 2.24. The number of piperazine rings is 1. The average molecular weight is 386 g/mol. The summed E-state index contributed by atoms with van der Waals surface area (Å²) in [6.07, 6.45) is 4.71. The molecule has 2 saturated heterocycles. The van der Waals surface area contributed by atoms with Crippen LogP contribution in [0.25, 0.3) is 0 Å². The predicted molar refractivity (Wildman–Crippen MR) is 102 cm³/mol. The summed E-state index contributed by atoms with van der Waals surface area (Å²) in [6, 6.07) is 4.85. The second-order valence-electron chi connectivity index (χ2n) is 7.09. The fraction of sp³-hybridized carbons (Fsp3) is 0.474. The first-order valence-electron chi connectivity index (χ1n) is 9.42. The van der Waals surface area contributed by atoms with Crippen LogP contribution in [0.1, 0.15) is 12.8 Å². The highest BCUT2D eigenvalue weighted by Gasteiger charge is 2.25.